The fourth-order valence-corrected chi connectivity index (χ4v) is 5.20. The van der Waals surface area contributed by atoms with E-state index in [1.54, 1.807) is 11.9 Å². The standard InChI is InChI=1S/C23H29BrN2O2S.C2H6/c1-3-28-22(27)12-6-4-5-9-15-25-23-18-10-7-8-11-20(18)26(2)29-21-16-17(24)13-14-19(21)23;1-2/h7-8,10-11,13-14,16,23,25H,3-6,9,12,15H2,1-2H3;1-2H3. The number of unbranched alkanes of at least 4 members (excludes halogenated alkanes) is 3. The third-order valence-corrected chi connectivity index (χ3v) is 6.58. The summed E-state index contributed by atoms with van der Waals surface area (Å²) in [5, 5.41) is 3.79. The Morgan fingerprint density at radius 2 is 1.84 bits per heavy atom. The number of anilines is 1. The summed E-state index contributed by atoms with van der Waals surface area (Å²) in [6, 6.07) is 15.3. The van der Waals surface area contributed by atoms with E-state index in [9.17, 15) is 4.79 Å². The summed E-state index contributed by atoms with van der Waals surface area (Å²) in [6.07, 6.45) is 4.70. The van der Waals surface area contributed by atoms with Crippen LogP contribution in [0.4, 0.5) is 5.69 Å². The van der Waals surface area contributed by atoms with Gasteiger partial charge in [0.2, 0.25) is 0 Å². The lowest BCUT2D eigenvalue weighted by atomic mass is 9.96. The van der Waals surface area contributed by atoms with Gasteiger partial charge in [0.15, 0.2) is 0 Å². The lowest BCUT2D eigenvalue weighted by Crippen LogP contribution is -2.24. The minimum atomic E-state index is -0.0786. The van der Waals surface area contributed by atoms with Crippen molar-refractivity contribution < 1.29 is 9.53 Å². The highest BCUT2D eigenvalue weighted by Gasteiger charge is 2.26. The van der Waals surface area contributed by atoms with E-state index in [4.69, 9.17) is 4.74 Å². The van der Waals surface area contributed by atoms with E-state index in [1.807, 2.05) is 20.8 Å². The molecule has 0 bridgehead atoms. The topological polar surface area (TPSA) is 41.6 Å². The zero-order valence-electron chi connectivity index (χ0n) is 19.1. The molecule has 1 aliphatic rings. The second-order valence-electron chi connectivity index (χ2n) is 7.19. The Balaban J connectivity index is 0.00000166. The number of para-hydroxylation sites is 1. The number of nitrogens with zero attached hydrogens (tertiary/aromatic N) is 1. The fourth-order valence-electron chi connectivity index (χ4n) is 3.66. The number of carbonyl (C=O) groups is 1. The summed E-state index contributed by atoms with van der Waals surface area (Å²) in [5.74, 6) is -0.0786. The van der Waals surface area contributed by atoms with Crippen LogP contribution in [0, 0.1) is 0 Å². The highest BCUT2D eigenvalue weighted by molar-refractivity contribution is 9.10. The zero-order valence-corrected chi connectivity index (χ0v) is 21.5. The molecule has 2 aromatic rings. The zero-order chi connectivity index (χ0) is 22.6. The van der Waals surface area contributed by atoms with Crippen LogP contribution in [0.15, 0.2) is 51.8 Å². The van der Waals surface area contributed by atoms with E-state index in [2.05, 4.69) is 75.1 Å². The summed E-state index contributed by atoms with van der Waals surface area (Å²) < 4.78 is 8.33. The second-order valence-corrected chi connectivity index (χ2v) is 9.27. The number of carbonyl (C=O) groups excluding carboxylic acids is 1. The minimum Gasteiger partial charge on any atom is -0.466 e. The second kappa shape index (κ2) is 13.8. The van der Waals surface area contributed by atoms with E-state index in [-0.39, 0.29) is 12.0 Å². The molecule has 1 unspecified atom stereocenters. The van der Waals surface area contributed by atoms with Crippen LogP contribution in [0.5, 0.6) is 0 Å². The fraction of sp³-hybridized carbons (Fsp3) is 0.480. The van der Waals surface area contributed by atoms with Crippen LogP contribution < -0.4 is 9.62 Å². The van der Waals surface area contributed by atoms with Gasteiger partial charge in [0.1, 0.15) is 0 Å². The van der Waals surface area contributed by atoms with Gasteiger partial charge in [-0.05, 0) is 67.6 Å². The van der Waals surface area contributed by atoms with E-state index in [1.165, 1.54) is 21.7 Å². The lowest BCUT2D eigenvalue weighted by Gasteiger charge is -2.22. The van der Waals surface area contributed by atoms with E-state index in [0.29, 0.717) is 13.0 Å². The number of rotatable bonds is 9. The average molecular weight is 508 g/mol. The van der Waals surface area contributed by atoms with Crippen molar-refractivity contribution in [1.29, 1.82) is 0 Å². The first-order chi connectivity index (χ1) is 15.1. The molecule has 3 rings (SSSR count). The summed E-state index contributed by atoms with van der Waals surface area (Å²) in [7, 11) is 2.13. The van der Waals surface area contributed by atoms with Crippen molar-refractivity contribution in [2.75, 3.05) is 24.5 Å². The molecule has 0 spiro atoms. The maximum Gasteiger partial charge on any atom is 0.305 e. The van der Waals surface area contributed by atoms with Crippen LogP contribution >= 0.6 is 27.9 Å². The first-order valence-corrected chi connectivity index (χ1v) is 12.9. The van der Waals surface area contributed by atoms with Gasteiger partial charge in [0.05, 0.1) is 18.3 Å². The van der Waals surface area contributed by atoms with Crippen LogP contribution in [-0.2, 0) is 9.53 Å². The normalized spacial score (nSPS) is 14.6. The molecular formula is C25H35BrN2O2S. The van der Waals surface area contributed by atoms with Crippen LogP contribution in [-0.4, -0.2) is 26.2 Å². The van der Waals surface area contributed by atoms with Gasteiger partial charge in [-0.3, -0.25) is 4.79 Å². The largest absolute Gasteiger partial charge is 0.466 e. The molecule has 31 heavy (non-hydrogen) atoms. The van der Waals surface area contributed by atoms with E-state index in [0.717, 1.165) is 36.7 Å². The van der Waals surface area contributed by atoms with E-state index >= 15 is 0 Å². The predicted octanol–water partition coefficient (Wildman–Crippen LogP) is 7.12. The molecule has 0 fully saturated rings. The van der Waals surface area contributed by atoms with Gasteiger partial charge in [0.25, 0.3) is 0 Å². The Hall–Kier alpha value is -1.50. The lowest BCUT2D eigenvalue weighted by molar-refractivity contribution is -0.143. The number of nitrogens with one attached hydrogen (secondary N) is 1. The number of hydrogen-bond donors (Lipinski definition) is 1. The predicted molar refractivity (Wildman–Crippen MR) is 136 cm³/mol. The summed E-state index contributed by atoms with van der Waals surface area (Å²) in [5.41, 5.74) is 3.87. The Morgan fingerprint density at radius 3 is 2.61 bits per heavy atom. The Labute approximate surface area is 200 Å². The van der Waals surface area contributed by atoms with Crippen molar-refractivity contribution in [3.63, 3.8) is 0 Å². The maximum absolute atomic E-state index is 11.4. The highest BCUT2D eigenvalue weighted by Crippen LogP contribution is 2.43. The molecule has 0 amide bonds. The maximum atomic E-state index is 11.4. The van der Waals surface area contributed by atoms with Crippen molar-refractivity contribution in [3.8, 4) is 0 Å². The number of esters is 1. The minimum absolute atomic E-state index is 0.0786. The van der Waals surface area contributed by atoms with Crippen LogP contribution in [0.2, 0.25) is 0 Å². The smallest absolute Gasteiger partial charge is 0.305 e. The summed E-state index contributed by atoms with van der Waals surface area (Å²) in [6.45, 7) is 7.27. The number of benzene rings is 2. The molecule has 6 heteroatoms. The molecule has 1 N–H and O–H groups in total. The Kier molecular flexibility index (Phi) is 11.5. The number of hydrogen-bond acceptors (Lipinski definition) is 5. The first-order valence-electron chi connectivity index (χ1n) is 11.3. The molecule has 0 aliphatic carbocycles. The molecular weight excluding hydrogens is 472 g/mol. The molecule has 0 saturated carbocycles. The summed E-state index contributed by atoms with van der Waals surface area (Å²) in [4.78, 5) is 12.7. The van der Waals surface area contributed by atoms with Gasteiger partial charge >= 0.3 is 5.97 Å². The third kappa shape index (κ3) is 7.55. The van der Waals surface area contributed by atoms with Gasteiger partial charge in [-0.25, -0.2) is 0 Å². The van der Waals surface area contributed by atoms with Gasteiger partial charge in [-0.2, -0.15) is 0 Å². The molecule has 2 aromatic carbocycles. The molecule has 1 heterocycles. The number of halogens is 1. The van der Waals surface area contributed by atoms with Gasteiger partial charge in [-0.1, -0.05) is 66.9 Å². The Morgan fingerprint density at radius 1 is 1.10 bits per heavy atom. The molecule has 1 aliphatic heterocycles. The van der Waals surface area contributed by atoms with Crippen molar-refractivity contribution in [1.82, 2.24) is 5.32 Å². The van der Waals surface area contributed by atoms with Gasteiger partial charge < -0.3 is 14.4 Å². The van der Waals surface area contributed by atoms with Crippen LogP contribution in [0.3, 0.4) is 0 Å². The molecule has 0 saturated heterocycles. The number of fused-ring (bicyclic) bond motifs is 2. The molecule has 4 nitrogen and oxygen atoms in total. The van der Waals surface area contributed by atoms with Crippen molar-refractivity contribution in [2.24, 2.45) is 0 Å². The Bertz CT molecular complexity index is 831. The highest BCUT2D eigenvalue weighted by atomic mass is 79.9. The van der Waals surface area contributed by atoms with Crippen molar-refractivity contribution in [2.45, 2.75) is 63.8 Å². The van der Waals surface area contributed by atoms with Crippen molar-refractivity contribution >= 4 is 39.5 Å². The molecule has 1 atom stereocenters. The monoisotopic (exact) mass is 506 g/mol. The van der Waals surface area contributed by atoms with E-state index < -0.39 is 0 Å². The van der Waals surface area contributed by atoms with Crippen LogP contribution in [0.1, 0.15) is 70.0 Å². The molecule has 0 aromatic heterocycles. The van der Waals surface area contributed by atoms with Crippen LogP contribution in [0.25, 0.3) is 0 Å². The third-order valence-electron chi connectivity index (χ3n) is 5.07. The molecule has 0 radical (unpaired) electrons. The quantitative estimate of drug-likeness (QED) is 0.222. The first kappa shape index (κ1) is 25.8. The van der Waals surface area contributed by atoms with Crippen molar-refractivity contribution in [3.05, 3.63) is 58.1 Å². The average Bonchev–Trinajstić information content (AvgIpc) is 2.89. The SMILES string of the molecule is CC.CCOC(=O)CCCCCCNC1c2ccc(Br)cc2SN(C)c2ccccc21. The van der Waals surface area contributed by atoms with Gasteiger partial charge in [-0.15, -0.1) is 0 Å². The number of ether oxygens (including phenoxy) is 1. The van der Waals surface area contributed by atoms with Gasteiger partial charge in [0, 0.05) is 22.8 Å². The molecule has 170 valence electrons. The summed E-state index contributed by atoms with van der Waals surface area (Å²) >= 11 is 5.38.